The van der Waals surface area contributed by atoms with Gasteiger partial charge in [-0.25, -0.2) is 9.59 Å². The van der Waals surface area contributed by atoms with Crippen LogP contribution in [-0.4, -0.2) is 40.9 Å². The van der Waals surface area contributed by atoms with Crippen LogP contribution in [0.4, 0.5) is 5.69 Å². The van der Waals surface area contributed by atoms with E-state index in [1.807, 2.05) is 0 Å². The van der Waals surface area contributed by atoms with Gasteiger partial charge in [-0.15, -0.1) is 0 Å². The molecule has 4 rings (SSSR count). The van der Waals surface area contributed by atoms with Crippen molar-refractivity contribution in [2.75, 3.05) is 13.1 Å². The topological polar surface area (TPSA) is 99.0 Å². The molecule has 1 spiro atoms. The Morgan fingerprint density at radius 1 is 1.17 bits per heavy atom. The Labute approximate surface area is 169 Å². The minimum absolute atomic E-state index is 0.154. The molecule has 0 N–H and O–H groups in total. The molecule has 3 aliphatic rings. The van der Waals surface area contributed by atoms with Gasteiger partial charge >= 0.3 is 11.9 Å². The summed E-state index contributed by atoms with van der Waals surface area (Å²) >= 11 is 0. The van der Waals surface area contributed by atoms with E-state index in [0.29, 0.717) is 16.5 Å². The van der Waals surface area contributed by atoms with Crippen LogP contribution in [0, 0.1) is 10.1 Å². The normalized spacial score (nSPS) is 21.8. The molecule has 0 saturated carbocycles. The van der Waals surface area contributed by atoms with Gasteiger partial charge in [0.15, 0.2) is 0 Å². The fourth-order valence-electron chi connectivity index (χ4n) is 3.60. The molecule has 29 heavy (non-hydrogen) atoms. The Morgan fingerprint density at radius 3 is 2.41 bits per heavy atom. The van der Waals surface area contributed by atoms with E-state index in [4.69, 9.17) is 8.37 Å². The standard InChI is InChI=1S/C20H20N2O6S/c1-13(2)21-9-7-14(8-10-21)17-12-29(27-19(23)5-6-20(24)28-29)18-11-15(22(25)26)3-4-16(17)18/h3-7,11-13H,8-10H2,1-2H3. The Balaban J connectivity index is 1.82. The predicted molar refractivity (Wildman–Crippen MR) is 108 cm³/mol. The monoisotopic (exact) mass is 416 g/mol. The summed E-state index contributed by atoms with van der Waals surface area (Å²) in [6.45, 7) is 5.92. The maximum Gasteiger partial charge on any atom is 0.354 e. The lowest BCUT2D eigenvalue weighted by Gasteiger charge is -2.34. The van der Waals surface area contributed by atoms with Crippen LogP contribution in [-0.2, 0) is 18.0 Å². The lowest BCUT2D eigenvalue weighted by molar-refractivity contribution is -0.385. The van der Waals surface area contributed by atoms with Gasteiger partial charge < -0.3 is 8.37 Å². The van der Waals surface area contributed by atoms with Crippen molar-refractivity contribution in [2.24, 2.45) is 0 Å². The average Bonchev–Trinajstić information content (AvgIpc) is 2.90. The van der Waals surface area contributed by atoms with Crippen molar-refractivity contribution in [3.63, 3.8) is 0 Å². The maximum atomic E-state index is 12.1. The van der Waals surface area contributed by atoms with Crippen LogP contribution < -0.4 is 0 Å². The van der Waals surface area contributed by atoms with Crippen molar-refractivity contribution in [1.29, 1.82) is 0 Å². The summed E-state index contributed by atoms with van der Waals surface area (Å²) in [5.74, 6) is -1.44. The fourth-order valence-corrected chi connectivity index (χ4v) is 6.00. The molecule has 0 amide bonds. The number of carbonyl (C=O) groups is 2. The van der Waals surface area contributed by atoms with Gasteiger partial charge in [0.2, 0.25) is 0 Å². The number of nitro groups is 1. The lowest BCUT2D eigenvalue weighted by Crippen LogP contribution is -2.34. The zero-order chi connectivity index (χ0) is 20.8. The second-order valence-corrected chi connectivity index (χ2v) is 9.32. The molecule has 0 bridgehead atoms. The van der Waals surface area contributed by atoms with Crippen molar-refractivity contribution in [2.45, 2.75) is 31.2 Å². The zero-order valence-corrected chi connectivity index (χ0v) is 16.8. The number of fused-ring (bicyclic) bond motifs is 2. The molecule has 1 aromatic carbocycles. The predicted octanol–water partition coefficient (Wildman–Crippen LogP) is 3.64. The largest absolute Gasteiger partial charge is 0.354 e. The molecular formula is C20H20N2O6S. The zero-order valence-electron chi connectivity index (χ0n) is 16.0. The molecule has 0 unspecified atom stereocenters. The Morgan fingerprint density at radius 2 is 1.86 bits per heavy atom. The summed E-state index contributed by atoms with van der Waals surface area (Å²) in [6, 6.07) is 4.81. The van der Waals surface area contributed by atoms with E-state index in [-0.39, 0.29) is 5.69 Å². The smallest absolute Gasteiger partial charge is 0.332 e. The average molecular weight is 416 g/mol. The van der Waals surface area contributed by atoms with Crippen molar-refractivity contribution in [1.82, 2.24) is 4.90 Å². The van der Waals surface area contributed by atoms with Gasteiger partial charge in [-0.3, -0.25) is 15.0 Å². The van der Waals surface area contributed by atoms with E-state index < -0.39 is 27.5 Å². The number of hydrogen-bond acceptors (Lipinski definition) is 7. The summed E-state index contributed by atoms with van der Waals surface area (Å²) < 4.78 is 11.1. The molecule has 0 atom stereocenters. The molecule has 0 fully saturated rings. The summed E-state index contributed by atoms with van der Waals surface area (Å²) in [4.78, 5) is 37.7. The van der Waals surface area contributed by atoms with Crippen LogP contribution in [0.25, 0.3) is 5.57 Å². The minimum Gasteiger partial charge on any atom is -0.332 e. The molecule has 0 saturated heterocycles. The van der Waals surface area contributed by atoms with E-state index in [0.717, 1.165) is 42.8 Å². The molecule has 0 radical (unpaired) electrons. The van der Waals surface area contributed by atoms with Crippen LogP contribution in [0.5, 0.6) is 0 Å². The minimum atomic E-state index is -2.92. The highest BCUT2D eigenvalue weighted by Crippen LogP contribution is 2.68. The second-order valence-electron chi connectivity index (χ2n) is 7.22. The van der Waals surface area contributed by atoms with Crippen molar-refractivity contribution in [3.05, 3.63) is 63.1 Å². The van der Waals surface area contributed by atoms with Gasteiger partial charge in [0.25, 0.3) is 5.69 Å². The van der Waals surface area contributed by atoms with Gasteiger partial charge in [0, 0.05) is 54.6 Å². The van der Waals surface area contributed by atoms with Gasteiger partial charge in [-0.2, -0.15) is 0 Å². The SMILES string of the molecule is CC(C)N1CC=C(C2=CS3(OC(=O)C=CC(=O)O3)c3cc([N+](=O)[O-])ccc32)CC1. The highest BCUT2D eigenvalue weighted by atomic mass is 32.3. The number of benzene rings is 1. The van der Waals surface area contributed by atoms with Crippen LogP contribution in [0.2, 0.25) is 0 Å². The number of nitrogens with zero attached hydrogens (tertiary/aromatic N) is 2. The molecule has 8 nitrogen and oxygen atoms in total. The Bertz CT molecular complexity index is 990. The first-order valence-corrected chi connectivity index (χ1v) is 10.8. The van der Waals surface area contributed by atoms with Crippen molar-refractivity contribution >= 4 is 33.8 Å². The molecule has 1 aromatic rings. The van der Waals surface area contributed by atoms with Crippen LogP contribution in [0.3, 0.4) is 0 Å². The van der Waals surface area contributed by atoms with Gasteiger partial charge in [0.05, 0.1) is 15.2 Å². The first-order valence-electron chi connectivity index (χ1n) is 9.21. The second kappa shape index (κ2) is 7.16. The first-order chi connectivity index (χ1) is 13.8. The van der Waals surface area contributed by atoms with E-state index in [1.165, 1.54) is 12.1 Å². The van der Waals surface area contributed by atoms with Crippen molar-refractivity contribution in [3.8, 4) is 0 Å². The van der Waals surface area contributed by atoms with Crippen LogP contribution >= 0.6 is 10.6 Å². The third-order valence-electron chi connectivity index (χ3n) is 5.13. The number of non-ortho nitro benzene ring substituents is 1. The molecule has 3 heterocycles. The maximum absolute atomic E-state index is 12.1. The number of carbonyl (C=O) groups excluding carboxylic acids is 2. The number of allylic oxidation sites excluding steroid dienone is 1. The van der Waals surface area contributed by atoms with E-state index in [9.17, 15) is 19.7 Å². The summed E-state index contributed by atoms with van der Waals surface area (Å²) in [5, 5.41) is 13.0. The van der Waals surface area contributed by atoms with Gasteiger partial charge in [-0.1, -0.05) is 16.7 Å². The summed E-state index contributed by atoms with van der Waals surface area (Å²) in [7, 11) is -2.92. The summed E-state index contributed by atoms with van der Waals surface area (Å²) in [5.41, 5.74) is 2.39. The van der Waals surface area contributed by atoms with E-state index in [1.54, 1.807) is 11.5 Å². The molecule has 0 aromatic heterocycles. The first kappa shape index (κ1) is 19.4. The van der Waals surface area contributed by atoms with Crippen LogP contribution in [0.1, 0.15) is 25.8 Å². The van der Waals surface area contributed by atoms with E-state index >= 15 is 0 Å². The van der Waals surface area contributed by atoms with Crippen molar-refractivity contribution < 1.29 is 22.9 Å². The Hall–Kier alpha value is -2.91. The molecule has 0 aliphatic carbocycles. The third-order valence-corrected chi connectivity index (χ3v) is 7.45. The summed E-state index contributed by atoms with van der Waals surface area (Å²) in [6.07, 6.45) is 4.90. The molecule has 3 aliphatic heterocycles. The Kier molecular flexibility index (Phi) is 4.79. The van der Waals surface area contributed by atoms with E-state index in [2.05, 4.69) is 24.8 Å². The highest BCUT2D eigenvalue weighted by Gasteiger charge is 2.41. The molecular weight excluding hydrogens is 396 g/mol. The molecule has 152 valence electrons. The van der Waals surface area contributed by atoms with Crippen LogP contribution in [0.15, 0.2) is 52.3 Å². The highest BCUT2D eigenvalue weighted by molar-refractivity contribution is 8.29. The number of nitro benzene ring substituents is 1. The quantitative estimate of drug-likeness (QED) is 0.548. The lowest BCUT2D eigenvalue weighted by atomic mass is 9.94. The number of hydrogen-bond donors (Lipinski definition) is 0. The van der Waals surface area contributed by atoms with Gasteiger partial charge in [-0.05, 0) is 31.9 Å². The third kappa shape index (κ3) is 3.47. The molecule has 9 heteroatoms. The van der Waals surface area contributed by atoms with Gasteiger partial charge in [0.1, 0.15) is 0 Å². The fraction of sp³-hybridized carbons (Fsp3) is 0.300. The number of rotatable bonds is 3.